The topological polar surface area (TPSA) is 18.5 Å². The SMILES string of the molecule is CC(C)C1(C(Cl)(Cl)Cl)OCCO1. The summed E-state index contributed by atoms with van der Waals surface area (Å²) in [5.41, 5.74) is 0. The summed E-state index contributed by atoms with van der Waals surface area (Å²) < 4.78 is 9.17. The Balaban J connectivity index is 2.87. The van der Waals surface area contributed by atoms with Gasteiger partial charge in [0.05, 0.1) is 13.2 Å². The molecule has 0 aromatic rings. The van der Waals surface area contributed by atoms with Crippen LogP contribution in [-0.2, 0) is 9.47 Å². The Morgan fingerprint density at radius 3 is 1.75 bits per heavy atom. The van der Waals surface area contributed by atoms with Gasteiger partial charge in [0.15, 0.2) is 0 Å². The van der Waals surface area contributed by atoms with Gasteiger partial charge in [-0.05, 0) is 0 Å². The third-order valence-electron chi connectivity index (χ3n) is 1.87. The van der Waals surface area contributed by atoms with Gasteiger partial charge in [-0.15, -0.1) is 0 Å². The fraction of sp³-hybridized carbons (Fsp3) is 1.00. The van der Waals surface area contributed by atoms with Crippen molar-refractivity contribution in [1.82, 2.24) is 0 Å². The lowest BCUT2D eigenvalue weighted by Crippen LogP contribution is -2.48. The molecule has 0 atom stereocenters. The summed E-state index contributed by atoms with van der Waals surface area (Å²) in [7, 11) is 0. The Morgan fingerprint density at radius 2 is 1.58 bits per heavy atom. The van der Waals surface area contributed by atoms with Crippen LogP contribution in [0, 0.1) is 5.92 Å². The first-order chi connectivity index (χ1) is 5.40. The van der Waals surface area contributed by atoms with Crippen LogP contribution in [-0.4, -0.2) is 22.8 Å². The molecular weight excluding hydrogens is 222 g/mol. The zero-order valence-electron chi connectivity index (χ0n) is 6.94. The zero-order valence-corrected chi connectivity index (χ0v) is 9.21. The van der Waals surface area contributed by atoms with Gasteiger partial charge in [-0.3, -0.25) is 0 Å². The van der Waals surface area contributed by atoms with Crippen LogP contribution in [0.5, 0.6) is 0 Å². The lowest BCUT2D eigenvalue weighted by molar-refractivity contribution is -0.184. The van der Waals surface area contributed by atoms with Gasteiger partial charge in [0, 0.05) is 5.92 Å². The van der Waals surface area contributed by atoms with Gasteiger partial charge in [-0.2, -0.15) is 0 Å². The van der Waals surface area contributed by atoms with Crippen molar-refractivity contribution < 1.29 is 9.47 Å². The Morgan fingerprint density at radius 1 is 1.17 bits per heavy atom. The molecule has 0 bridgehead atoms. The van der Waals surface area contributed by atoms with E-state index in [0.717, 1.165) is 0 Å². The molecule has 1 aliphatic heterocycles. The summed E-state index contributed by atoms with van der Waals surface area (Å²) in [5, 5.41) is 0. The first kappa shape index (κ1) is 10.9. The highest BCUT2D eigenvalue weighted by atomic mass is 35.6. The van der Waals surface area contributed by atoms with Gasteiger partial charge in [0.25, 0.3) is 0 Å². The molecule has 1 aliphatic rings. The van der Waals surface area contributed by atoms with E-state index >= 15 is 0 Å². The second-order valence-electron chi connectivity index (χ2n) is 3.02. The number of ether oxygens (including phenoxy) is 2. The van der Waals surface area contributed by atoms with Crippen molar-refractivity contribution in [2.45, 2.75) is 23.4 Å². The fourth-order valence-corrected chi connectivity index (χ4v) is 2.23. The summed E-state index contributed by atoms with van der Waals surface area (Å²) >= 11 is 17.3. The molecule has 0 amide bonds. The van der Waals surface area contributed by atoms with Gasteiger partial charge >= 0.3 is 0 Å². The molecule has 0 aliphatic carbocycles. The van der Waals surface area contributed by atoms with E-state index in [-0.39, 0.29) is 5.92 Å². The molecule has 0 N–H and O–H groups in total. The Bertz CT molecular complexity index is 159. The van der Waals surface area contributed by atoms with Crippen LogP contribution >= 0.6 is 34.8 Å². The first-order valence-corrected chi connectivity index (χ1v) is 4.88. The Kier molecular flexibility index (Phi) is 3.17. The minimum Gasteiger partial charge on any atom is -0.344 e. The van der Waals surface area contributed by atoms with Crippen molar-refractivity contribution in [1.29, 1.82) is 0 Å². The summed E-state index contributed by atoms with van der Waals surface area (Å²) in [6.07, 6.45) is 0. The van der Waals surface area contributed by atoms with Crippen LogP contribution in [0.15, 0.2) is 0 Å². The van der Waals surface area contributed by atoms with Crippen LogP contribution in [0.3, 0.4) is 0 Å². The normalized spacial score (nSPS) is 23.5. The first-order valence-electron chi connectivity index (χ1n) is 3.75. The van der Waals surface area contributed by atoms with E-state index in [0.29, 0.717) is 13.2 Å². The molecule has 0 aromatic heterocycles. The van der Waals surface area contributed by atoms with Gasteiger partial charge in [-0.1, -0.05) is 48.7 Å². The van der Waals surface area contributed by atoms with E-state index in [1.54, 1.807) is 0 Å². The van der Waals surface area contributed by atoms with E-state index < -0.39 is 9.58 Å². The second-order valence-corrected chi connectivity index (χ2v) is 5.30. The maximum absolute atomic E-state index is 5.77. The predicted octanol–water partition coefficient (Wildman–Crippen LogP) is 2.76. The summed E-state index contributed by atoms with van der Waals surface area (Å²) in [5.74, 6) is -1.06. The van der Waals surface area contributed by atoms with Gasteiger partial charge < -0.3 is 9.47 Å². The lowest BCUT2D eigenvalue weighted by atomic mass is 10.1. The highest BCUT2D eigenvalue weighted by Crippen LogP contribution is 2.47. The second kappa shape index (κ2) is 3.50. The molecule has 1 fully saturated rings. The average molecular weight is 234 g/mol. The van der Waals surface area contributed by atoms with Crippen LogP contribution in [0.1, 0.15) is 13.8 Å². The number of alkyl halides is 3. The van der Waals surface area contributed by atoms with E-state index in [9.17, 15) is 0 Å². The minimum absolute atomic E-state index is 0.00694. The van der Waals surface area contributed by atoms with Gasteiger partial charge in [0.1, 0.15) is 0 Å². The van der Waals surface area contributed by atoms with Crippen LogP contribution in [0.2, 0.25) is 0 Å². The molecule has 0 spiro atoms. The highest BCUT2D eigenvalue weighted by molar-refractivity contribution is 6.68. The quantitative estimate of drug-likeness (QED) is 0.649. The van der Waals surface area contributed by atoms with Gasteiger partial charge in [-0.25, -0.2) is 0 Å². The molecule has 1 rings (SSSR count). The molecule has 2 nitrogen and oxygen atoms in total. The van der Waals surface area contributed by atoms with Crippen molar-refractivity contribution >= 4 is 34.8 Å². The van der Waals surface area contributed by atoms with Crippen LogP contribution in [0.4, 0.5) is 0 Å². The van der Waals surface area contributed by atoms with Crippen molar-refractivity contribution in [2.75, 3.05) is 13.2 Å². The molecule has 12 heavy (non-hydrogen) atoms. The van der Waals surface area contributed by atoms with Gasteiger partial charge in [0.2, 0.25) is 9.58 Å². The largest absolute Gasteiger partial charge is 0.344 e. The van der Waals surface area contributed by atoms with Crippen LogP contribution in [0.25, 0.3) is 0 Å². The molecule has 5 heteroatoms. The maximum atomic E-state index is 5.77. The molecule has 1 heterocycles. The number of rotatable bonds is 1. The molecule has 0 aromatic carbocycles. The summed E-state index contributed by atoms with van der Waals surface area (Å²) in [6, 6.07) is 0. The molecule has 0 radical (unpaired) electrons. The molecule has 0 saturated carbocycles. The van der Waals surface area contributed by atoms with E-state index in [1.165, 1.54) is 0 Å². The predicted molar refractivity (Wildman–Crippen MR) is 49.8 cm³/mol. The van der Waals surface area contributed by atoms with Crippen molar-refractivity contribution in [3.8, 4) is 0 Å². The number of hydrogen-bond acceptors (Lipinski definition) is 2. The lowest BCUT2D eigenvalue weighted by Gasteiger charge is -2.37. The standard InChI is InChI=1S/C7H11Cl3O2/c1-5(2)6(7(8,9)10)11-3-4-12-6/h5H,3-4H2,1-2H3. The molecule has 0 unspecified atom stereocenters. The number of hydrogen-bond donors (Lipinski definition) is 0. The minimum atomic E-state index is -1.53. The van der Waals surface area contributed by atoms with Crippen molar-refractivity contribution in [3.05, 3.63) is 0 Å². The van der Waals surface area contributed by atoms with E-state index in [1.807, 2.05) is 13.8 Å². The third-order valence-corrected chi connectivity index (χ3v) is 2.66. The third kappa shape index (κ3) is 1.68. The van der Waals surface area contributed by atoms with Crippen molar-refractivity contribution in [3.63, 3.8) is 0 Å². The fourth-order valence-electron chi connectivity index (χ4n) is 1.25. The van der Waals surface area contributed by atoms with E-state index in [2.05, 4.69) is 0 Å². The Labute approximate surface area is 87.1 Å². The zero-order chi connectivity index (χ0) is 9.41. The molecular formula is C7H11Cl3O2. The highest BCUT2D eigenvalue weighted by Gasteiger charge is 2.55. The van der Waals surface area contributed by atoms with Crippen LogP contribution < -0.4 is 0 Å². The van der Waals surface area contributed by atoms with E-state index in [4.69, 9.17) is 44.3 Å². The number of halogens is 3. The smallest absolute Gasteiger partial charge is 0.244 e. The van der Waals surface area contributed by atoms with Crippen molar-refractivity contribution in [2.24, 2.45) is 5.92 Å². The monoisotopic (exact) mass is 232 g/mol. The maximum Gasteiger partial charge on any atom is 0.244 e. The summed E-state index contributed by atoms with van der Waals surface area (Å²) in [4.78, 5) is 0. The molecule has 1 saturated heterocycles. The Hall–Kier alpha value is 0.790. The molecule has 72 valence electrons. The average Bonchev–Trinajstić information content (AvgIpc) is 2.31. The summed E-state index contributed by atoms with van der Waals surface area (Å²) in [6.45, 7) is 4.75.